The molecule has 0 spiro atoms. The second-order valence-corrected chi connectivity index (χ2v) is 9.51. The molecule has 0 saturated carbocycles. The first-order valence-electron chi connectivity index (χ1n) is 13.3. The van der Waals surface area contributed by atoms with Gasteiger partial charge in [-0.05, 0) is 49.2 Å². The molecule has 1 unspecified atom stereocenters. The Labute approximate surface area is 234 Å². The summed E-state index contributed by atoms with van der Waals surface area (Å²) in [5, 5.41) is 8.82. The maximum Gasteiger partial charge on any atom is 0.319 e. The predicted octanol–water partition coefficient (Wildman–Crippen LogP) is 4.51. The molecule has 0 aromatic heterocycles. The van der Waals surface area contributed by atoms with Gasteiger partial charge >= 0.3 is 6.03 Å². The third-order valence-corrected chi connectivity index (χ3v) is 6.77. The van der Waals surface area contributed by atoms with Gasteiger partial charge in [0.25, 0.3) is 5.91 Å². The molecule has 5 N–H and O–H groups in total. The minimum absolute atomic E-state index is 0.258. The predicted molar refractivity (Wildman–Crippen MR) is 156 cm³/mol. The Morgan fingerprint density at radius 2 is 1.62 bits per heavy atom. The molecule has 4 rings (SSSR count). The van der Waals surface area contributed by atoms with Crippen molar-refractivity contribution in [2.45, 2.75) is 18.9 Å². The number of rotatable bonds is 11. The highest BCUT2D eigenvalue weighted by molar-refractivity contribution is 6.05. The van der Waals surface area contributed by atoms with Crippen molar-refractivity contribution in [3.63, 3.8) is 0 Å². The van der Waals surface area contributed by atoms with E-state index >= 15 is 0 Å². The molecule has 40 heavy (non-hydrogen) atoms. The number of nitrogens with zero attached hydrogens (tertiary/aromatic N) is 1. The summed E-state index contributed by atoms with van der Waals surface area (Å²) in [6.45, 7) is 4.21. The lowest BCUT2D eigenvalue weighted by atomic mass is 10.00. The molecule has 1 atom stereocenters. The number of nitrogens with one attached hydrogen (secondary N) is 3. The standard InChI is InChI=1S/C30H37N5O5/c1-38-24-18-23(19-25(20-24)39-2)32-30(37)34-27(8-5-13-35-14-16-40-17-15-35)21-9-11-22(12-10-21)29(36)33-28-7-4-3-6-26(28)31/h3-4,6-7,9-12,18-20,27H,5,8,13-17,31H2,1-2H3,(H,33,36)(H2,32,34,37). The summed E-state index contributed by atoms with van der Waals surface area (Å²) < 4.78 is 16.1. The van der Waals surface area contributed by atoms with E-state index in [1.54, 1.807) is 56.7 Å². The van der Waals surface area contributed by atoms with Crippen molar-refractivity contribution in [3.05, 3.63) is 77.9 Å². The van der Waals surface area contributed by atoms with Gasteiger partial charge in [-0.2, -0.15) is 0 Å². The molecule has 3 amide bonds. The molecule has 3 aromatic rings. The maximum atomic E-state index is 13.1. The van der Waals surface area contributed by atoms with Crippen LogP contribution in [0.25, 0.3) is 0 Å². The largest absolute Gasteiger partial charge is 0.497 e. The average molecular weight is 548 g/mol. The van der Waals surface area contributed by atoms with Crippen molar-refractivity contribution in [2.75, 3.05) is 63.4 Å². The van der Waals surface area contributed by atoms with E-state index in [1.807, 2.05) is 24.3 Å². The first kappa shape index (κ1) is 28.7. The van der Waals surface area contributed by atoms with E-state index in [0.717, 1.165) is 51.3 Å². The van der Waals surface area contributed by atoms with E-state index < -0.39 is 0 Å². The molecule has 3 aromatic carbocycles. The number of amides is 3. The minimum Gasteiger partial charge on any atom is -0.497 e. The fourth-order valence-electron chi connectivity index (χ4n) is 4.54. The van der Waals surface area contributed by atoms with Crippen LogP contribution in [0.15, 0.2) is 66.7 Å². The minimum atomic E-state index is -0.354. The number of para-hydroxylation sites is 2. The SMILES string of the molecule is COc1cc(NC(=O)NC(CCCN2CCOCC2)c2ccc(C(=O)Nc3ccccc3N)cc2)cc(OC)c1. The number of ether oxygens (including phenoxy) is 3. The number of methoxy groups -OCH3 is 2. The van der Waals surface area contributed by atoms with Crippen molar-refractivity contribution in [3.8, 4) is 11.5 Å². The van der Waals surface area contributed by atoms with Crippen LogP contribution < -0.4 is 31.2 Å². The molecule has 1 heterocycles. The normalized spacial score (nSPS) is 14.2. The second kappa shape index (κ2) is 14.2. The Morgan fingerprint density at radius 1 is 0.950 bits per heavy atom. The molecule has 0 aliphatic carbocycles. The van der Waals surface area contributed by atoms with E-state index in [9.17, 15) is 9.59 Å². The molecule has 0 bridgehead atoms. The van der Waals surface area contributed by atoms with Gasteiger partial charge in [-0.25, -0.2) is 4.79 Å². The average Bonchev–Trinajstić information content (AvgIpc) is 2.98. The molecule has 0 radical (unpaired) electrons. The van der Waals surface area contributed by atoms with Gasteiger partial charge in [-0.15, -0.1) is 0 Å². The molecule has 1 aliphatic rings. The third kappa shape index (κ3) is 8.11. The van der Waals surface area contributed by atoms with Crippen LogP contribution in [-0.2, 0) is 4.74 Å². The van der Waals surface area contributed by atoms with Gasteiger partial charge in [0, 0.05) is 42.5 Å². The van der Waals surface area contributed by atoms with Gasteiger partial charge in [-0.3, -0.25) is 9.69 Å². The lowest BCUT2D eigenvalue weighted by molar-refractivity contribution is 0.0369. The van der Waals surface area contributed by atoms with Crippen molar-refractivity contribution in [1.29, 1.82) is 0 Å². The second-order valence-electron chi connectivity index (χ2n) is 9.51. The lowest BCUT2D eigenvalue weighted by Gasteiger charge is -2.27. The summed E-state index contributed by atoms with van der Waals surface area (Å²) in [5.74, 6) is 0.886. The highest BCUT2D eigenvalue weighted by Crippen LogP contribution is 2.26. The maximum absolute atomic E-state index is 13.1. The van der Waals surface area contributed by atoms with Gasteiger partial charge in [0.2, 0.25) is 0 Å². The van der Waals surface area contributed by atoms with Crippen molar-refractivity contribution in [1.82, 2.24) is 10.2 Å². The third-order valence-electron chi connectivity index (χ3n) is 6.77. The topological polar surface area (TPSA) is 127 Å². The van der Waals surface area contributed by atoms with Gasteiger partial charge < -0.3 is 35.9 Å². The van der Waals surface area contributed by atoms with Crippen LogP contribution in [0.2, 0.25) is 0 Å². The first-order valence-corrected chi connectivity index (χ1v) is 13.3. The van der Waals surface area contributed by atoms with E-state index in [-0.39, 0.29) is 18.0 Å². The number of nitrogen functional groups attached to an aromatic ring is 1. The summed E-state index contributed by atoms with van der Waals surface area (Å²) in [7, 11) is 3.11. The zero-order valence-corrected chi connectivity index (χ0v) is 22.9. The molecule has 10 nitrogen and oxygen atoms in total. The van der Waals surface area contributed by atoms with Crippen LogP contribution in [0.1, 0.15) is 34.8 Å². The number of benzene rings is 3. The summed E-state index contributed by atoms with van der Waals surface area (Å²) >= 11 is 0. The quantitative estimate of drug-likeness (QED) is 0.260. The summed E-state index contributed by atoms with van der Waals surface area (Å²) in [5.41, 5.74) is 8.96. The molecule has 1 fully saturated rings. The van der Waals surface area contributed by atoms with E-state index in [0.29, 0.717) is 34.1 Å². The number of urea groups is 1. The Balaban J connectivity index is 1.45. The number of carbonyl (C=O) groups excluding carboxylic acids is 2. The molecular formula is C30H37N5O5. The van der Waals surface area contributed by atoms with Gasteiger partial charge in [0.05, 0.1) is 44.8 Å². The number of carbonyl (C=O) groups is 2. The molecule has 10 heteroatoms. The molecule has 1 saturated heterocycles. The fraction of sp³-hybridized carbons (Fsp3) is 0.333. The van der Waals surface area contributed by atoms with Crippen molar-refractivity contribution >= 4 is 29.0 Å². The van der Waals surface area contributed by atoms with Crippen LogP contribution >= 0.6 is 0 Å². The van der Waals surface area contributed by atoms with E-state index in [2.05, 4.69) is 20.9 Å². The zero-order valence-electron chi connectivity index (χ0n) is 22.9. The van der Waals surface area contributed by atoms with Crippen molar-refractivity contribution in [2.24, 2.45) is 0 Å². The van der Waals surface area contributed by atoms with E-state index in [1.165, 1.54) is 0 Å². The van der Waals surface area contributed by atoms with Crippen LogP contribution in [0.5, 0.6) is 11.5 Å². The number of hydrogen-bond donors (Lipinski definition) is 4. The number of hydrogen-bond acceptors (Lipinski definition) is 7. The first-order chi connectivity index (χ1) is 19.4. The molecular weight excluding hydrogens is 510 g/mol. The number of nitrogens with two attached hydrogens (primary N) is 1. The number of morpholine rings is 1. The highest BCUT2D eigenvalue weighted by Gasteiger charge is 2.18. The van der Waals surface area contributed by atoms with Crippen LogP contribution in [0, 0.1) is 0 Å². The van der Waals surface area contributed by atoms with Gasteiger partial charge in [-0.1, -0.05) is 24.3 Å². The zero-order chi connectivity index (χ0) is 28.3. The fourth-order valence-corrected chi connectivity index (χ4v) is 4.54. The molecule has 1 aliphatic heterocycles. The lowest BCUT2D eigenvalue weighted by Crippen LogP contribution is -2.37. The summed E-state index contributed by atoms with van der Waals surface area (Å²) in [6.07, 6.45) is 1.60. The Morgan fingerprint density at radius 3 is 2.27 bits per heavy atom. The summed E-state index contributed by atoms with van der Waals surface area (Å²) in [6, 6.07) is 18.9. The van der Waals surface area contributed by atoms with Crippen molar-refractivity contribution < 1.29 is 23.8 Å². The van der Waals surface area contributed by atoms with Gasteiger partial charge in [0.1, 0.15) is 11.5 Å². The Bertz CT molecular complexity index is 1260. The number of anilines is 3. The Hall–Kier alpha value is -4.28. The highest BCUT2D eigenvalue weighted by atomic mass is 16.5. The van der Waals surface area contributed by atoms with Gasteiger partial charge in [0.15, 0.2) is 0 Å². The van der Waals surface area contributed by atoms with Crippen LogP contribution in [0.4, 0.5) is 21.9 Å². The van der Waals surface area contributed by atoms with Crippen LogP contribution in [0.3, 0.4) is 0 Å². The van der Waals surface area contributed by atoms with Crippen LogP contribution in [-0.4, -0.2) is 63.9 Å². The molecule has 212 valence electrons. The smallest absolute Gasteiger partial charge is 0.319 e. The van der Waals surface area contributed by atoms with E-state index in [4.69, 9.17) is 19.9 Å². The Kier molecular flexibility index (Phi) is 10.2. The summed E-state index contributed by atoms with van der Waals surface area (Å²) in [4.78, 5) is 28.2. The monoisotopic (exact) mass is 547 g/mol.